The number of halogens is 4. The highest BCUT2D eigenvalue weighted by molar-refractivity contribution is 5.56. The van der Waals surface area contributed by atoms with E-state index in [1.54, 1.807) is 0 Å². The molecule has 1 aliphatic rings. The van der Waals surface area contributed by atoms with Crippen LogP contribution in [0.4, 0.5) is 23.2 Å². The maximum absolute atomic E-state index is 14.0. The molecule has 2 unspecified atom stereocenters. The molecule has 0 saturated heterocycles. The largest absolute Gasteiger partial charge is 0.360 e. The molecule has 1 aromatic rings. The van der Waals surface area contributed by atoms with Gasteiger partial charge in [-0.3, -0.25) is 0 Å². The molecule has 0 aromatic heterocycles. The second kappa shape index (κ2) is 5.29. The third-order valence-electron chi connectivity index (χ3n) is 3.04. The summed E-state index contributed by atoms with van der Waals surface area (Å²) in [6.07, 6.45) is 0.211. The van der Waals surface area contributed by atoms with E-state index < -0.39 is 34.8 Å². The van der Waals surface area contributed by atoms with E-state index in [0.717, 1.165) is 12.1 Å². The molecule has 0 spiro atoms. The van der Waals surface area contributed by atoms with Gasteiger partial charge in [0, 0.05) is 11.8 Å². The van der Waals surface area contributed by atoms with Gasteiger partial charge in [-0.25, -0.2) is 17.6 Å². The molecule has 21 heavy (non-hydrogen) atoms. The van der Waals surface area contributed by atoms with Crippen LogP contribution in [0.25, 0.3) is 0 Å². The molecule has 2 atom stereocenters. The van der Waals surface area contributed by atoms with E-state index in [0.29, 0.717) is 0 Å². The zero-order chi connectivity index (χ0) is 15.6. The molecule has 0 heterocycles. The van der Waals surface area contributed by atoms with Gasteiger partial charge in [0.1, 0.15) is 23.6 Å². The molecule has 0 fully saturated rings. The van der Waals surface area contributed by atoms with Crippen LogP contribution >= 0.6 is 0 Å². The SMILES string of the molecule is N#CC1C(F)=C(F)C=C(F)C1(C#N)Nc1ccc(F)cc1. The fraction of sp³-hybridized carbons (Fsp3) is 0.143. The third kappa shape index (κ3) is 2.34. The van der Waals surface area contributed by atoms with Crippen molar-refractivity contribution in [2.75, 3.05) is 5.32 Å². The molecule has 0 saturated carbocycles. The van der Waals surface area contributed by atoms with Gasteiger partial charge in [0.25, 0.3) is 0 Å². The Morgan fingerprint density at radius 1 is 1.05 bits per heavy atom. The van der Waals surface area contributed by atoms with E-state index in [2.05, 4.69) is 5.32 Å². The van der Waals surface area contributed by atoms with Gasteiger partial charge in [-0.15, -0.1) is 0 Å². The summed E-state index contributed by atoms with van der Waals surface area (Å²) in [5.41, 5.74) is -2.33. The number of nitrogens with zero attached hydrogens (tertiary/aromatic N) is 2. The number of hydrogen-bond donors (Lipinski definition) is 1. The number of benzene rings is 1. The van der Waals surface area contributed by atoms with Crippen molar-refractivity contribution in [2.45, 2.75) is 5.54 Å². The van der Waals surface area contributed by atoms with Gasteiger partial charge in [0.2, 0.25) is 0 Å². The summed E-state index contributed by atoms with van der Waals surface area (Å²) in [5.74, 6) is -6.97. The van der Waals surface area contributed by atoms with Gasteiger partial charge in [-0.2, -0.15) is 10.5 Å². The second-order valence-electron chi connectivity index (χ2n) is 4.30. The van der Waals surface area contributed by atoms with Crippen molar-refractivity contribution in [3.8, 4) is 12.1 Å². The average molecular weight is 293 g/mol. The predicted octanol–water partition coefficient (Wildman–Crippen LogP) is 3.66. The van der Waals surface area contributed by atoms with Crippen molar-refractivity contribution in [3.05, 3.63) is 53.6 Å². The van der Waals surface area contributed by atoms with E-state index in [1.165, 1.54) is 24.3 Å². The summed E-state index contributed by atoms with van der Waals surface area (Å²) in [6, 6.07) is 7.28. The zero-order valence-electron chi connectivity index (χ0n) is 10.4. The van der Waals surface area contributed by atoms with Crippen molar-refractivity contribution in [1.82, 2.24) is 0 Å². The van der Waals surface area contributed by atoms with Crippen LogP contribution in [0, 0.1) is 34.4 Å². The molecule has 0 bridgehead atoms. The highest BCUT2D eigenvalue weighted by Gasteiger charge is 2.50. The highest BCUT2D eigenvalue weighted by atomic mass is 19.2. The monoisotopic (exact) mass is 293 g/mol. The van der Waals surface area contributed by atoms with Gasteiger partial charge in [-0.1, -0.05) is 0 Å². The topological polar surface area (TPSA) is 59.6 Å². The van der Waals surface area contributed by atoms with Crippen molar-refractivity contribution < 1.29 is 17.6 Å². The van der Waals surface area contributed by atoms with Crippen molar-refractivity contribution in [3.63, 3.8) is 0 Å². The van der Waals surface area contributed by atoms with Crippen LogP contribution in [-0.4, -0.2) is 5.54 Å². The lowest BCUT2D eigenvalue weighted by Gasteiger charge is -2.32. The Hall–Kier alpha value is -2.80. The van der Waals surface area contributed by atoms with Gasteiger partial charge < -0.3 is 5.32 Å². The summed E-state index contributed by atoms with van der Waals surface area (Å²) in [7, 11) is 0. The second-order valence-corrected chi connectivity index (χ2v) is 4.30. The first-order valence-corrected chi connectivity index (χ1v) is 5.72. The number of nitriles is 2. The molecular weight excluding hydrogens is 286 g/mol. The Balaban J connectivity index is 2.50. The molecule has 1 aromatic carbocycles. The van der Waals surface area contributed by atoms with Crippen LogP contribution in [0.5, 0.6) is 0 Å². The van der Waals surface area contributed by atoms with Crippen molar-refractivity contribution in [2.24, 2.45) is 5.92 Å². The fourth-order valence-electron chi connectivity index (χ4n) is 1.95. The Kier molecular flexibility index (Phi) is 3.68. The van der Waals surface area contributed by atoms with Crippen LogP contribution in [0.3, 0.4) is 0 Å². The summed E-state index contributed by atoms with van der Waals surface area (Å²) >= 11 is 0. The minimum Gasteiger partial charge on any atom is -0.360 e. The van der Waals surface area contributed by atoms with Gasteiger partial charge in [0.15, 0.2) is 17.2 Å². The molecular formula is C14H7F4N3. The first-order valence-electron chi connectivity index (χ1n) is 5.72. The smallest absolute Gasteiger partial charge is 0.200 e. The molecule has 106 valence electrons. The minimum atomic E-state index is -2.41. The van der Waals surface area contributed by atoms with Gasteiger partial charge >= 0.3 is 0 Å². The van der Waals surface area contributed by atoms with Crippen molar-refractivity contribution in [1.29, 1.82) is 10.5 Å². The quantitative estimate of drug-likeness (QED) is 0.846. The first kappa shape index (κ1) is 14.6. The Bertz CT molecular complexity index is 709. The average Bonchev–Trinajstić information content (AvgIpc) is 2.47. The number of hydrogen-bond acceptors (Lipinski definition) is 3. The molecule has 1 aliphatic carbocycles. The molecule has 0 radical (unpaired) electrons. The molecule has 3 nitrogen and oxygen atoms in total. The standard InChI is InChI=1S/C14H7F4N3/c15-8-1-3-9(4-2-8)21-14(7-20)10(6-19)13(18)11(16)5-12(14)17/h1-5,10,21H. The van der Waals surface area contributed by atoms with Crippen LogP contribution in [0.2, 0.25) is 0 Å². The lowest BCUT2D eigenvalue weighted by Crippen LogP contribution is -2.46. The van der Waals surface area contributed by atoms with E-state index in [-0.39, 0.29) is 11.8 Å². The Labute approximate surface area is 117 Å². The molecule has 0 aliphatic heterocycles. The third-order valence-corrected chi connectivity index (χ3v) is 3.04. The first-order chi connectivity index (χ1) is 9.94. The number of allylic oxidation sites excluding steroid dienone is 2. The maximum Gasteiger partial charge on any atom is 0.200 e. The Morgan fingerprint density at radius 2 is 1.67 bits per heavy atom. The molecule has 7 heteroatoms. The predicted molar refractivity (Wildman–Crippen MR) is 65.9 cm³/mol. The van der Waals surface area contributed by atoms with Crippen LogP contribution in [-0.2, 0) is 0 Å². The van der Waals surface area contributed by atoms with Crippen LogP contribution in [0.1, 0.15) is 0 Å². The minimum absolute atomic E-state index is 0.0804. The van der Waals surface area contributed by atoms with Crippen LogP contribution < -0.4 is 5.32 Å². The number of anilines is 1. The van der Waals surface area contributed by atoms with E-state index in [4.69, 9.17) is 5.26 Å². The van der Waals surface area contributed by atoms with Gasteiger partial charge in [0.05, 0.1) is 6.07 Å². The normalized spacial score (nSPS) is 24.9. The summed E-state index contributed by atoms with van der Waals surface area (Å²) in [5, 5.41) is 20.5. The Morgan fingerprint density at radius 3 is 2.19 bits per heavy atom. The summed E-state index contributed by atoms with van der Waals surface area (Å²) in [4.78, 5) is 0. The molecule has 2 rings (SSSR count). The van der Waals surface area contributed by atoms with Crippen molar-refractivity contribution >= 4 is 5.69 Å². The molecule has 0 amide bonds. The fourth-order valence-corrected chi connectivity index (χ4v) is 1.95. The van der Waals surface area contributed by atoms with E-state index >= 15 is 0 Å². The van der Waals surface area contributed by atoms with E-state index in [9.17, 15) is 22.8 Å². The maximum atomic E-state index is 14.0. The van der Waals surface area contributed by atoms with Crippen LogP contribution in [0.15, 0.2) is 47.8 Å². The lowest BCUT2D eigenvalue weighted by atomic mass is 9.80. The van der Waals surface area contributed by atoms with E-state index in [1.807, 2.05) is 0 Å². The van der Waals surface area contributed by atoms with Gasteiger partial charge in [-0.05, 0) is 24.3 Å². The number of rotatable bonds is 2. The lowest BCUT2D eigenvalue weighted by molar-refractivity contribution is 0.364. The zero-order valence-corrected chi connectivity index (χ0v) is 10.4. The molecule has 1 N–H and O–H groups in total. The number of nitrogens with one attached hydrogen (secondary N) is 1. The summed E-state index contributed by atoms with van der Waals surface area (Å²) in [6.45, 7) is 0. The highest BCUT2D eigenvalue weighted by Crippen LogP contribution is 2.41. The summed E-state index contributed by atoms with van der Waals surface area (Å²) < 4.78 is 53.7.